The van der Waals surface area contributed by atoms with Gasteiger partial charge in [-0.2, -0.15) is 0 Å². The molecule has 1 fully saturated rings. The zero-order valence-electron chi connectivity index (χ0n) is 12.7. The highest BCUT2D eigenvalue weighted by molar-refractivity contribution is 8.00. The summed E-state index contributed by atoms with van der Waals surface area (Å²) in [6.45, 7) is 1.01. The molecule has 22 heavy (non-hydrogen) atoms. The monoisotopic (exact) mass is 321 g/mol. The molecule has 2 rings (SSSR count). The zero-order chi connectivity index (χ0) is 15.9. The van der Waals surface area contributed by atoms with E-state index in [4.69, 9.17) is 9.47 Å². The van der Waals surface area contributed by atoms with Crippen molar-refractivity contribution in [2.45, 2.75) is 5.25 Å². The fourth-order valence-corrected chi connectivity index (χ4v) is 3.32. The number of para-hydroxylation sites is 1. The summed E-state index contributed by atoms with van der Waals surface area (Å²) in [5.41, 5.74) is 0.842. The van der Waals surface area contributed by atoms with Gasteiger partial charge in [-0.1, -0.05) is 18.2 Å². The second-order valence-corrected chi connectivity index (χ2v) is 6.05. The van der Waals surface area contributed by atoms with Crippen LogP contribution < -0.4 is 4.74 Å². The van der Waals surface area contributed by atoms with Crippen LogP contribution in [0.15, 0.2) is 30.3 Å². The van der Waals surface area contributed by atoms with E-state index in [-0.39, 0.29) is 17.1 Å². The maximum absolute atomic E-state index is 12.3. The molecule has 5 nitrogen and oxygen atoms in total. The summed E-state index contributed by atoms with van der Waals surface area (Å²) in [4.78, 5) is 25.5. The lowest BCUT2D eigenvalue weighted by molar-refractivity contribution is -0.140. The molecular formula is C16H19NO4S. The number of amides is 1. The molecule has 1 aliphatic heterocycles. The maximum Gasteiger partial charge on any atom is 0.320 e. The molecule has 0 bridgehead atoms. The lowest BCUT2D eigenvalue weighted by atomic mass is 10.2. The van der Waals surface area contributed by atoms with Crippen molar-refractivity contribution in [1.82, 2.24) is 4.90 Å². The van der Waals surface area contributed by atoms with Gasteiger partial charge in [-0.05, 0) is 12.1 Å². The van der Waals surface area contributed by atoms with Crippen LogP contribution in [0.25, 0.3) is 6.08 Å². The number of rotatable bonds is 4. The van der Waals surface area contributed by atoms with Gasteiger partial charge < -0.3 is 14.4 Å². The highest BCUT2D eigenvalue weighted by Gasteiger charge is 2.28. The van der Waals surface area contributed by atoms with Crippen LogP contribution >= 0.6 is 11.8 Å². The predicted octanol–water partition coefficient (Wildman–Crippen LogP) is 1.83. The molecule has 0 spiro atoms. The Morgan fingerprint density at radius 3 is 2.82 bits per heavy atom. The van der Waals surface area contributed by atoms with Crippen molar-refractivity contribution in [1.29, 1.82) is 0 Å². The molecule has 1 atom stereocenters. The van der Waals surface area contributed by atoms with Crippen molar-refractivity contribution in [2.75, 3.05) is 33.1 Å². The van der Waals surface area contributed by atoms with Crippen LogP contribution in [0.4, 0.5) is 0 Å². The first-order valence-corrected chi connectivity index (χ1v) is 8.00. The summed E-state index contributed by atoms with van der Waals surface area (Å²) >= 11 is 1.53. The van der Waals surface area contributed by atoms with Gasteiger partial charge in [0.05, 0.1) is 14.2 Å². The van der Waals surface area contributed by atoms with Crippen LogP contribution in [0, 0.1) is 0 Å². The van der Waals surface area contributed by atoms with Gasteiger partial charge in [0.15, 0.2) is 0 Å². The van der Waals surface area contributed by atoms with Gasteiger partial charge in [0.1, 0.15) is 11.0 Å². The van der Waals surface area contributed by atoms with Crippen LogP contribution in [0.2, 0.25) is 0 Å². The molecule has 1 heterocycles. The molecule has 0 saturated carbocycles. The molecule has 6 heteroatoms. The van der Waals surface area contributed by atoms with Crippen molar-refractivity contribution in [3.8, 4) is 5.75 Å². The summed E-state index contributed by atoms with van der Waals surface area (Å²) in [7, 11) is 2.96. The summed E-state index contributed by atoms with van der Waals surface area (Å²) in [6.07, 6.45) is 3.25. The number of carbonyl (C=O) groups is 2. The fourth-order valence-electron chi connectivity index (χ4n) is 2.19. The second-order valence-electron chi connectivity index (χ2n) is 4.74. The van der Waals surface area contributed by atoms with E-state index in [0.29, 0.717) is 18.8 Å². The number of esters is 1. The first-order valence-electron chi connectivity index (χ1n) is 6.95. The number of hydrogen-bond donors (Lipinski definition) is 0. The van der Waals surface area contributed by atoms with Gasteiger partial charge in [0.25, 0.3) is 0 Å². The van der Waals surface area contributed by atoms with Crippen molar-refractivity contribution in [3.05, 3.63) is 35.9 Å². The van der Waals surface area contributed by atoms with E-state index in [0.717, 1.165) is 11.3 Å². The van der Waals surface area contributed by atoms with E-state index in [9.17, 15) is 9.59 Å². The molecule has 1 aliphatic rings. The number of thioether (sulfide) groups is 1. The topological polar surface area (TPSA) is 55.8 Å². The van der Waals surface area contributed by atoms with E-state index < -0.39 is 0 Å². The van der Waals surface area contributed by atoms with Crippen LogP contribution in [0.3, 0.4) is 0 Å². The van der Waals surface area contributed by atoms with E-state index in [1.807, 2.05) is 24.3 Å². The minimum Gasteiger partial charge on any atom is -0.496 e. The Hall–Kier alpha value is -1.95. The van der Waals surface area contributed by atoms with Crippen LogP contribution in [-0.4, -0.2) is 55.1 Å². The minimum atomic E-state index is -0.303. The van der Waals surface area contributed by atoms with Crippen molar-refractivity contribution in [2.24, 2.45) is 0 Å². The number of carbonyl (C=O) groups excluding carboxylic acids is 2. The van der Waals surface area contributed by atoms with Gasteiger partial charge in [0, 0.05) is 30.5 Å². The van der Waals surface area contributed by atoms with Crippen molar-refractivity contribution in [3.63, 3.8) is 0 Å². The molecule has 1 saturated heterocycles. The largest absolute Gasteiger partial charge is 0.496 e. The molecule has 0 aromatic heterocycles. The molecule has 1 aromatic carbocycles. The lowest BCUT2D eigenvalue weighted by Gasteiger charge is -2.30. The molecule has 0 N–H and O–H groups in total. The molecular weight excluding hydrogens is 302 g/mol. The number of nitrogens with zero attached hydrogens (tertiary/aromatic N) is 1. The third-order valence-electron chi connectivity index (χ3n) is 3.39. The first-order chi connectivity index (χ1) is 10.7. The standard InChI is InChI=1S/C16H19NO4S/c1-20-13-6-4-3-5-12(13)7-8-15(18)17-9-10-22-14(11-17)16(19)21-2/h3-8,14H,9-11H2,1-2H3/b8-7+/t14-/m1/s1. The number of hydrogen-bond acceptors (Lipinski definition) is 5. The Morgan fingerprint density at radius 1 is 1.32 bits per heavy atom. The number of ether oxygens (including phenoxy) is 2. The van der Waals surface area contributed by atoms with Gasteiger partial charge in [-0.25, -0.2) is 0 Å². The minimum absolute atomic E-state index is 0.111. The number of benzene rings is 1. The lowest BCUT2D eigenvalue weighted by Crippen LogP contribution is -2.44. The SMILES string of the molecule is COC(=O)[C@H]1CN(C(=O)/C=C/c2ccccc2OC)CCS1. The van der Waals surface area contributed by atoms with Crippen molar-refractivity contribution >= 4 is 29.7 Å². The second kappa shape index (κ2) is 7.89. The summed E-state index contributed by atoms with van der Waals surface area (Å²) in [5.74, 6) is 1.05. The van der Waals surface area contributed by atoms with Gasteiger partial charge in [-0.15, -0.1) is 11.8 Å². The highest BCUT2D eigenvalue weighted by atomic mass is 32.2. The Morgan fingerprint density at radius 2 is 2.09 bits per heavy atom. The predicted molar refractivity (Wildman–Crippen MR) is 86.9 cm³/mol. The third kappa shape index (κ3) is 4.04. The average molecular weight is 321 g/mol. The van der Waals surface area contributed by atoms with Gasteiger partial charge in [-0.3, -0.25) is 9.59 Å². The summed E-state index contributed by atoms with van der Waals surface area (Å²) in [6, 6.07) is 7.49. The van der Waals surface area contributed by atoms with Gasteiger partial charge >= 0.3 is 5.97 Å². The normalized spacial score (nSPS) is 18.3. The molecule has 118 valence electrons. The smallest absolute Gasteiger partial charge is 0.320 e. The Labute approximate surface area is 134 Å². The van der Waals surface area contributed by atoms with Crippen LogP contribution in [0.1, 0.15) is 5.56 Å². The average Bonchev–Trinajstić information content (AvgIpc) is 2.59. The molecule has 0 radical (unpaired) electrons. The Balaban J connectivity index is 2.02. The van der Waals surface area contributed by atoms with Crippen LogP contribution in [-0.2, 0) is 14.3 Å². The quantitative estimate of drug-likeness (QED) is 0.625. The fraction of sp³-hybridized carbons (Fsp3) is 0.375. The highest BCUT2D eigenvalue weighted by Crippen LogP contribution is 2.21. The maximum atomic E-state index is 12.3. The zero-order valence-corrected chi connectivity index (χ0v) is 13.5. The van der Waals surface area contributed by atoms with Gasteiger partial charge in [0.2, 0.25) is 5.91 Å². The Bertz CT molecular complexity index is 573. The molecule has 0 unspecified atom stereocenters. The first kappa shape index (κ1) is 16.4. The summed E-state index contributed by atoms with van der Waals surface area (Å²) < 4.78 is 9.99. The third-order valence-corrected chi connectivity index (χ3v) is 4.55. The molecule has 1 aromatic rings. The van der Waals surface area contributed by atoms with E-state index in [1.54, 1.807) is 18.1 Å². The van der Waals surface area contributed by atoms with E-state index in [1.165, 1.54) is 24.9 Å². The summed E-state index contributed by atoms with van der Waals surface area (Å²) in [5, 5.41) is -0.303. The molecule has 1 amide bonds. The van der Waals surface area contributed by atoms with E-state index >= 15 is 0 Å². The Kier molecular flexibility index (Phi) is 5.89. The van der Waals surface area contributed by atoms with E-state index in [2.05, 4.69) is 0 Å². The van der Waals surface area contributed by atoms with Crippen LogP contribution in [0.5, 0.6) is 5.75 Å². The molecule has 0 aliphatic carbocycles. The number of methoxy groups -OCH3 is 2. The van der Waals surface area contributed by atoms with Crippen molar-refractivity contribution < 1.29 is 19.1 Å².